The molecule has 2 rings (SSSR count). The lowest BCUT2D eigenvalue weighted by Gasteiger charge is -2.04. The van der Waals surface area contributed by atoms with Gasteiger partial charge in [-0.25, -0.2) is 4.79 Å². The molecule has 2 N–H and O–H groups in total. The summed E-state index contributed by atoms with van der Waals surface area (Å²) in [7, 11) is 2.76. The highest BCUT2D eigenvalue weighted by atomic mass is 16.5. The maximum absolute atomic E-state index is 11.3. The maximum atomic E-state index is 11.3. The second-order valence-corrected chi connectivity index (χ2v) is 3.55. The molecule has 0 saturated heterocycles. The van der Waals surface area contributed by atoms with Crippen LogP contribution in [0, 0.1) is 0 Å². The van der Waals surface area contributed by atoms with E-state index in [1.165, 1.54) is 20.3 Å². The number of phenols is 1. The number of rotatable bonds is 3. The lowest BCUT2D eigenvalue weighted by atomic mass is 10.1. The Morgan fingerprint density at radius 2 is 2.11 bits per heavy atom. The average Bonchev–Trinajstić information content (AvgIpc) is 2.88. The zero-order valence-corrected chi connectivity index (χ0v) is 9.93. The van der Waals surface area contributed by atoms with Crippen LogP contribution in [0.25, 0.3) is 11.3 Å². The highest BCUT2D eigenvalue weighted by Gasteiger charge is 2.12. The van der Waals surface area contributed by atoms with Gasteiger partial charge in [0.15, 0.2) is 11.5 Å². The number of aromatic nitrogens is 2. The zero-order valence-electron chi connectivity index (χ0n) is 9.93. The normalized spacial score (nSPS) is 10.1. The molecule has 0 aliphatic rings. The van der Waals surface area contributed by atoms with Gasteiger partial charge in [-0.2, -0.15) is 5.10 Å². The summed E-state index contributed by atoms with van der Waals surface area (Å²) in [5, 5.41) is 16.1. The molecule has 6 nitrogen and oxygen atoms in total. The number of esters is 1. The summed E-state index contributed by atoms with van der Waals surface area (Å²) in [6.45, 7) is 0. The quantitative estimate of drug-likeness (QED) is 0.805. The van der Waals surface area contributed by atoms with Crippen molar-refractivity contribution in [1.29, 1.82) is 0 Å². The number of H-pyrrole nitrogens is 1. The number of hydrogen-bond acceptors (Lipinski definition) is 5. The van der Waals surface area contributed by atoms with Crippen LogP contribution in [-0.2, 0) is 4.74 Å². The molecule has 0 atom stereocenters. The van der Waals surface area contributed by atoms with Crippen LogP contribution in [0.15, 0.2) is 24.3 Å². The van der Waals surface area contributed by atoms with Gasteiger partial charge in [0, 0.05) is 5.56 Å². The fraction of sp³-hybridized carbons (Fsp3) is 0.167. The zero-order chi connectivity index (χ0) is 13.1. The third kappa shape index (κ3) is 2.13. The monoisotopic (exact) mass is 248 g/mol. The van der Waals surface area contributed by atoms with Crippen LogP contribution in [0.2, 0.25) is 0 Å². The van der Waals surface area contributed by atoms with Crippen LogP contribution >= 0.6 is 0 Å². The molecule has 94 valence electrons. The molecule has 18 heavy (non-hydrogen) atoms. The summed E-state index contributed by atoms with van der Waals surface area (Å²) >= 11 is 0. The Balaban J connectivity index is 2.37. The van der Waals surface area contributed by atoms with E-state index in [2.05, 4.69) is 14.9 Å². The van der Waals surface area contributed by atoms with E-state index in [1.54, 1.807) is 18.2 Å². The highest BCUT2D eigenvalue weighted by molar-refractivity contribution is 5.88. The van der Waals surface area contributed by atoms with Crippen molar-refractivity contribution < 1.29 is 19.4 Å². The molecule has 1 aromatic carbocycles. The Labute approximate surface area is 103 Å². The van der Waals surface area contributed by atoms with Crippen molar-refractivity contribution >= 4 is 5.97 Å². The first-order valence-electron chi connectivity index (χ1n) is 5.17. The molecule has 0 fully saturated rings. The molecule has 0 amide bonds. The van der Waals surface area contributed by atoms with Gasteiger partial charge in [-0.1, -0.05) is 0 Å². The van der Waals surface area contributed by atoms with E-state index in [0.717, 1.165) is 5.56 Å². The number of hydrogen-bond donors (Lipinski definition) is 2. The molecule has 0 spiro atoms. The van der Waals surface area contributed by atoms with Crippen LogP contribution in [0.3, 0.4) is 0 Å². The molecular formula is C12H12N2O4. The molecule has 1 aromatic heterocycles. The number of nitrogens with one attached hydrogen (secondary N) is 1. The highest BCUT2D eigenvalue weighted by Crippen LogP contribution is 2.30. The smallest absolute Gasteiger partial charge is 0.356 e. The number of phenolic OH excluding ortho intramolecular Hbond substituents is 1. The van der Waals surface area contributed by atoms with Crippen LogP contribution in [0.1, 0.15) is 10.5 Å². The van der Waals surface area contributed by atoms with Crippen molar-refractivity contribution in [2.45, 2.75) is 0 Å². The van der Waals surface area contributed by atoms with Gasteiger partial charge in [-0.15, -0.1) is 0 Å². The summed E-state index contributed by atoms with van der Waals surface area (Å²) in [4.78, 5) is 11.3. The molecule has 2 aromatic rings. The van der Waals surface area contributed by atoms with Gasteiger partial charge in [-0.05, 0) is 24.3 Å². The minimum atomic E-state index is -0.487. The van der Waals surface area contributed by atoms with E-state index in [-0.39, 0.29) is 11.4 Å². The predicted molar refractivity (Wildman–Crippen MR) is 63.6 cm³/mol. The summed E-state index contributed by atoms with van der Waals surface area (Å²) < 4.78 is 9.58. The summed E-state index contributed by atoms with van der Waals surface area (Å²) in [6.07, 6.45) is 0. The molecule has 0 aliphatic carbocycles. The molecule has 1 heterocycles. The number of ether oxygens (including phenoxy) is 2. The van der Waals surface area contributed by atoms with Crippen molar-refractivity contribution in [1.82, 2.24) is 10.2 Å². The van der Waals surface area contributed by atoms with Gasteiger partial charge in [0.05, 0.1) is 19.9 Å². The predicted octanol–water partition coefficient (Wildman–Crippen LogP) is 1.58. The van der Waals surface area contributed by atoms with E-state index in [4.69, 9.17) is 4.74 Å². The summed E-state index contributed by atoms with van der Waals surface area (Å²) in [6, 6.07) is 6.37. The van der Waals surface area contributed by atoms with Crippen molar-refractivity contribution in [3.63, 3.8) is 0 Å². The Morgan fingerprint density at radius 3 is 2.78 bits per heavy atom. The topological polar surface area (TPSA) is 84.4 Å². The van der Waals surface area contributed by atoms with Gasteiger partial charge < -0.3 is 14.6 Å². The van der Waals surface area contributed by atoms with E-state index in [1.807, 2.05) is 0 Å². The maximum Gasteiger partial charge on any atom is 0.356 e. The van der Waals surface area contributed by atoms with Gasteiger partial charge in [0.1, 0.15) is 5.69 Å². The summed E-state index contributed by atoms with van der Waals surface area (Å²) in [5.41, 5.74) is 1.55. The number of carbonyl (C=O) groups excluding carboxylic acids is 1. The molecule has 0 aliphatic heterocycles. The van der Waals surface area contributed by atoms with Crippen molar-refractivity contribution in [2.24, 2.45) is 0 Å². The molecule has 0 saturated carbocycles. The first-order valence-corrected chi connectivity index (χ1v) is 5.17. The Hall–Kier alpha value is -2.50. The number of carbonyl (C=O) groups is 1. The Kier molecular flexibility index (Phi) is 3.18. The van der Waals surface area contributed by atoms with Gasteiger partial charge in [0.25, 0.3) is 0 Å². The standard InChI is InChI=1S/C12H12N2O4/c1-17-11-5-7(3-4-10(11)15)8-6-9(14-13-8)12(16)18-2/h3-6,15H,1-2H3,(H,13,14). The Bertz CT molecular complexity index is 577. The minimum absolute atomic E-state index is 0.0463. The fourth-order valence-electron chi connectivity index (χ4n) is 1.52. The van der Waals surface area contributed by atoms with Crippen LogP contribution in [0.5, 0.6) is 11.5 Å². The van der Waals surface area contributed by atoms with E-state index in [0.29, 0.717) is 11.4 Å². The minimum Gasteiger partial charge on any atom is -0.504 e. The van der Waals surface area contributed by atoms with Gasteiger partial charge >= 0.3 is 5.97 Å². The second kappa shape index (κ2) is 4.79. The first kappa shape index (κ1) is 12.0. The number of aromatic amines is 1. The van der Waals surface area contributed by atoms with Crippen molar-refractivity contribution in [3.05, 3.63) is 30.0 Å². The molecule has 6 heteroatoms. The van der Waals surface area contributed by atoms with E-state index in [9.17, 15) is 9.90 Å². The van der Waals surface area contributed by atoms with E-state index >= 15 is 0 Å². The van der Waals surface area contributed by atoms with Crippen molar-refractivity contribution in [2.75, 3.05) is 14.2 Å². The molecule has 0 radical (unpaired) electrons. The SMILES string of the molecule is COC(=O)c1cc(-c2ccc(O)c(OC)c2)n[nH]1. The number of aromatic hydroxyl groups is 1. The third-order valence-electron chi connectivity index (χ3n) is 2.46. The molecule has 0 unspecified atom stereocenters. The van der Waals surface area contributed by atoms with Crippen molar-refractivity contribution in [3.8, 4) is 22.8 Å². The van der Waals surface area contributed by atoms with Crippen LogP contribution < -0.4 is 4.74 Å². The molecular weight excluding hydrogens is 236 g/mol. The van der Waals surface area contributed by atoms with Gasteiger partial charge in [0.2, 0.25) is 0 Å². The fourth-order valence-corrected chi connectivity index (χ4v) is 1.52. The van der Waals surface area contributed by atoms with E-state index < -0.39 is 5.97 Å². The third-order valence-corrected chi connectivity index (χ3v) is 2.46. The summed E-state index contributed by atoms with van der Waals surface area (Å²) in [5.74, 6) is -0.0976. The first-order chi connectivity index (χ1) is 8.65. The molecule has 0 bridgehead atoms. The van der Waals surface area contributed by atoms with Crippen LogP contribution in [-0.4, -0.2) is 35.5 Å². The lowest BCUT2D eigenvalue weighted by molar-refractivity contribution is 0.0594. The lowest BCUT2D eigenvalue weighted by Crippen LogP contribution is -2.00. The Morgan fingerprint density at radius 1 is 1.33 bits per heavy atom. The number of benzene rings is 1. The van der Waals surface area contributed by atoms with Gasteiger partial charge in [-0.3, -0.25) is 5.10 Å². The largest absolute Gasteiger partial charge is 0.504 e. The van der Waals surface area contributed by atoms with Crippen LogP contribution in [0.4, 0.5) is 0 Å². The second-order valence-electron chi connectivity index (χ2n) is 3.55. The number of methoxy groups -OCH3 is 2. The number of nitrogens with zero attached hydrogens (tertiary/aromatic N) is 1. The average molecular weight is 248 g/mol.